The van der Waals surface area contributed by atoms with Crippen LogP contribution in [0.5, 0.6) is 0 Å². The fourth-order valence-corrected chi connectivity index (χ4v) is 5.77. The van der Waals surface area contributed by atoms with Crippen LogP contribution in [-0.2, 0) is 44.4 Å². The summed E-state index contributed by atoms with van der Waals surface area (Å²) in [6, 6.07) is 24.3. The van der Waals surface area contributed by atoms with Gasteiger partial charge in [0.05, 0.1) is 0 Å². The average Bonchev–Trinajstić information content (AvgIpc) is 3.04. The molecular formula is C42H48F4N2O2Ti. The van der Waals surface area contributed by atoms with Crippen LogP contribution in [0.2, 0.25) is 0 Å². The largest absolute Gasteiger partial charge is 2.00 e. The average molecular weight is 737 g/mol. The maximum atomic E-state index is 14.3. The maximum Gasteiger partial charge on any atom is 2.00 e. The molecule has 0 N–H and O–H groups in total. The molecule has 9 heteroatoms. The zero-order valence-corrected chi connectivity index (χ0v) is 32.5. The molecule has 0 saturated heterocycles. The standard InChI is InChI=1S/2C21H24F2NO.Ti/c2*1-5-12-21(3,4)20(25)24(14-16-8-6-15(2)7-9-16)19-11-10-17(22)13-18(19)23;/h2*6-11H,5,12,14H2,1-4H3;/q2*-1;+2. The zero-order valence-electron chi connectivity index (χ0n) is 30.9. The Labute approximate surface area is 316 Å². The van der Waals surface area contributed by atoms with Crippen molar-refractivity contribution >= 4 is 23.2 Å². The SMILES string of the molecule is CCCC(C)(C)C(=O)N(Cc1ccc(C)cc1)c1ccc(F)[c-]c1F.CCCC(C)(C)C(=O)N(Cc1ccc(C)cc1)c1ccc(F)[c-]c1F.[Ti+2]. The van der Waals surface area contributed by atoms with Crippen LogP contribution in [0.4, 0.5) is 28.9 Å². The molecule has 0 atom stereocenters. The zero-order chi connectivity index (χ0) is 37.2. The molecule has 0 spiro atoms. The molecule has 4 aromatic rings. The molecule has 4 nitrogen and oxygen atoms in total. The Balaban J connectivity index is 0.000000347. The molecular weight excluding hydrogens is 688 g/mol. The summed E-state index contributed by atoms with van der Waals surface area (Å²) in [5, 5.41) is 0. The Bertz CT molecular complexity index is 1610. The summed E-state index contributed by atoms with van der Waals surface area (Å²) in [5.41, 5.74) is 2.81. The van der Waals surface area contributed by atoms with Gasteiger partial charge in [-0.25, -0.2) is 17.6 Å². The number of halogens is 4. The van der Waals surface area contributed by atoms with Crippen LogP contribution >= 0.6 is 0 Å². The number of aryl methyl sites for hydroxylation is 2. The van der Waals surface area contributed by atoms with Crippen LogP contribution in [0.1, 0.15) is 89.5 Å². The van der Waals surface area contributed by atoms with E-state index in [0.29, 0.717) is 12.8 Å². The fraction of sp³-hybridized carbons (Fsp3) is 0.381. The predicted molar refractivity (Wildman–Crippen MR) is 193 cm³/mol. The van der Waals surface area contributed by atoms with Gasteiger partial charge in [-0.15, -0.1) is 36.4 Å². The van der Waals surface area contributed by atoms with Gasteiger partial charge in [-0.1, -0.05) is 114 Å². The van der Waals surface area contributed by atoms with E-state index in [4.69, 9.17) is 0 Å². The normalized spacial score (nSPS) is 11.2. The second kappa shape index (κ2) is 19.2. The van der Waals surface area contributed by atoms with E-state index in [2.05, 4.69) is 0 Å². The Hall–Kier alpha value is -3.75. The number of hydrogen-bond acceptors (Lipinski definition) is 2. The first kappa shape index (κ1) is 43.4. The van der Waals surface area contributed by atoms with E-state index in [1.165, 1.54) is 21.9 Å². The summed E-state index contributed by atoms with van der Waals surface area (Å²) in [5.74, 6) is -3.64. The van der Waals surface area contributed by atoms with E-state index in [-0.39, 0.29) is 58.0 Å². The van der Waals surface area contributed by atoms with Crippen LogP contribution in [-0.4, -0.2) is 11.8 Å². The summed E-state index contributed by atoms with van der Waals surface area (Å²) >= 11 is 0. The summed E-state index contributed by atoms with van der Waals surface area (Å²) in [6.45, 7) is 15.8. The molecule has 0 heterocycles. The van der Waals surface area contributed by atoms with E-state index in [9.17, 15) is 27.2 Å². The Morgan fingerprint density at radius 2 is 0.882 bits per heavy atom. The monoisotopic (exact) mass is 736 g/mol. The van der Waals surface area contributed by atoms with Gasteiger partial charge in [0.1, 0.15) is 0 Å². The third kappa shape index (κ3) is 12.2. The number of benzene rings is 4. The van der Waals surface area contributed by atoms with Gasteiger partial charge in [0.2, 0.25) is 11.8 Å². The fourth-order valence-electron chi connectivity index (χ4n) is 5.77. The molecule has 4 rings (SSSR count). The van der Waals surface area contributed by atoms with E-state index in [1.807, 2.05) is 116 Å². The molecule has 0 unspecified atom stereocenters. The van der Waals surface area contributed by atoms with Gasteiger partial charge in [-0.3, -0.25) is 9.59 Å². The Kier molecular flexibility index (Phi) is 16.3. The molecule has 0 fully saturated rings. The van der Waals surface area contributed by atoms with E-state index >= 15 is 0 Å². The number of amides is 2. The molecule has 51 heavy (non-hydrogen) atoms. The molecule has 4 aromatic carbocycles. The third-order valence-corrected chi connectivity index (χ3v) is 8.59. The van der Waals surface area contributed by atoms with Crippen LogP contribution in [0, 0.1) is 60.1 Å². The quantitative estimate of drug-likeness (QED) is 0.0826. The number of carbonyl (C=O) groups is 2. The predicted octanol–water partition coefficient (Wildman–Crippen LogP) is 10.9. The second-order valence-corrected chi connectivity index (χ2v) is 14.0. The molecule has 0 aliphatic rings. The topological polar surface area (TPSA) is 40.6 Å². The van der Waals surface area contributed by atoms with Gasteiger partial charge < -0.3 is 9.80 Å². The van der Waals surface area contributed by atoms with Gasteiger partial charge in [0.25, 0.3) is 0 Å². The number of hydrogen-bond donors (Lipinski definition) is 0. The third-order valence-electron chi connectivity index (χ3n) is 8.59. The maximum absolute atomic E-state index is 14.3. The minimum Gasteiger partial charge on any atom is -0.359 e. The first-order chi connectivity index (χ1) is 23.5. The molecule has 0 radical (unpaired) electrons. The Morgan fingerprint density at radius 3 is 1.16 bits per heavy atom. The van der Waals surface area contributed by atoms with Crippen molar-refractivity contribution in [1.29, 1.82) is 0 Å². The van der Waals surface area contributed by atoms with Crippen LogP contribution in [0.3, 0.4) is 0 Å². The number of rotatable bonds is 12. The molecule has 0 aromatic heterocycles. The summed E-state index contributed by atoms with van der Waals surface area (Å²) in [4.78, 5) is 29.0. The minimum absolute atomic E-state index is 0. The summed E-state index contributed by atoms with van der Waals surface area (Å²) in [7, 11) is 0. The van der Waals surface area contributed by atoms with Crippen molar-refractivity contribution in [3.8, 4) is 0 Å². The first-order valence-electron chi connectivity index (χ1n) is 17.0. The molecule has 0 aliphatic heterocycles. The number of nitrogens with zero attached hydrogens (tertiary/aromatic N) is 2. The van der Waals surface area contributed by atoms with Gasteiger partial charge in [-0.05, 0) is 49.2 Å². The van der Waals surface area contributed by atoms with Crippen molar-refractivity contribution in [3.63, 3.8) is 0 Å². The first-order valence-corrected chi connectivity index (χ1v) is 17.0. The van der Waals surface area contributed by atoms with Gasteiger partial charge in [0, 0.05) is 47.2 Å². The van der Waals surface area contributed by atoms with Gasteiger partial charge >= 0.3 is 21.7 Å². The van der Waals surface area contributed by atoms with Crippen LogP contribution in [0.25, 0.3) is 0 Å². The van der Waals surface area contributed by atoms with E-state index < -0.39 is 34.1 Å². The second-order valence-electron chi connectivity index (χ2n) is 14.0. The van der Waals surface area contributed by atoms with E-state index in [0.717, 1.165) is 47.2 Å². The van der Waals surface area contributed by atoms with Crippen molar-refractivity contribution in [2.24, 2.45) is 10.8 Å². The molecule has 270 valence electrons. The number of carbonyl (C=O) groups excluding carboxylic acids is 2. The molecule has 0 bridgehead atoms. The number of anilines is 2. The van der Waals surface area contributed by atoms with Crippen molar-refractivity contribution in [2.45, 2.75) is 94.2 Å². The van der Waals surface area contributed by atoms with Gasteiger partial charge in [0.15, 0.2) is 0 Å². The minimum atomic E-state index is -0.854. The van der Waals surface area contributed by atoms with E-state index in [1.54, 1.807) is 0 Å². The van der Waals surface area contributed by atoms with Crippen LogP contribution < -0.4 is 9.80 Å². The smallest absolute Gasteiger partial charge is 0.359 e. The summed E-state index contributed by atoms with van der Waals surface area (Å²) < 4.78 is 55.1. The molecule has 2 amide bonds. The molecule has 0 aliphatic carbocycles. The summed E-state index contributed by atoms with van der Waals surface area (Å²) in [6.07, 6.45) is 3.05. The van der Waals surface area contributed by atoms with Crippen molar-refractivity contribution < 1.29 is 48.9 Å². The van der Waals surface area contributed by atoms with Crippen molar-refractivity contribution in [2.75, 3.05) is 9.80 Å². The van der Waals surface area contributed by atoms with Crippen molar-refractivity contribution in [1.82, 2.24) is 0 Å². The molecule has 0 saturated carbocycles. The van der Waals surface area contributed by atoms with Crippen LogP contribution in [0.15, 0.2) is 72.8 Å². The van der Waals surface area contributed by atoms with Crippen molar-refractivity contribution in [3.05, 3.63) is 130 Å². The van der Waals surface area contributed by atoms with Gasteiger partial charge in [-0.2, -0.15) is 0 Å². The Morgan fingerprint density at radius 1 is 0.569 bits per heavy atom.